The molecule has 8 nitrogen and oxygen atoms in total. The fourth-order valence-electron chi connectivity index (χ4n) is 2.66. The van der Waals surface area contributed by atoms with Crippen LogP contribution in [0.5, 0.6) is 0 Å². The molecule has 24 heavy (non-hydrogen) atoms. The zero-order valence-electron chi connectivity index (χ0n) is 13.9. The summed E-state index contributed by atoms with van der Waals surface area (Å²) in [4.78, 5) is 25.4. The molecule has 0 aromatic carbocycles. The lowest BCUT2D eigenvalue weighted by molar-refractivity contribution is -0.117. The van der Waals surface area contributed by atoms with Crippen LogP contribution in [0, 0.1) is 6.92 Å². The molecule has 1 aliphatic heterocycles. The molecule has 1 amide bonds. The zero-order valence-corrected chi connectivity index (χ0v) is 14.7. The van der Waals surface area contributed by atoms with E-state index in [0.29, 0.717) is 11.7 Å². The molecule has 1 saturated heterocycles. The van der Waals surface area contributed by atoms with Gasteiger partial charge in [0.1, 0.15) is 17.2 Å². The molecular formula is C15H21N7OS. The normalized spacial score (nSPS) is 15.5. The Morgan fingerprint density at radius 2 is 2.08 bits per heavy atom. The van der Waals surface area contributed by atoms with Gasteiger partial charge in [-0.1, -0.05) is 18.3 Å². The van der Waals surface area contributed by atoms with Crippen LogP contribution in [0.3, 0.4) is 0 Å². The molecule has 3 rings (SSSR count). The van der Waals surface area contributed by atoms with Crippen LogP contribution in [0.25, 0.3) is 0 Å². The second kappa shape index (κ2) is 7.63. The van der Waals surface area contributed by atoms with Gasteiger partial charge in [-0.15, -0.1) is 10.2 Å². The molecule has 128 valence electrons. The van der Waals surface area contributed by atoms with E-state index in [4.69, 9.17) is 0 Å². The van der Waals surface area contributed by atoms with Gasteiger partial charge in [0.2, 0.25) is 11.0 Å². The van der Waals surface area contributed by atoms with Crippen molar-refractivity contribution in [3.8, 4) is 0 Å². The van der Waals surface area contributed by atoms with Crippen molar-refractivity contribution < 1.29 is 4.79 Å². The fraction of sp³-hybridized carbons (Fsp3) is 0.533. The van der Waals surface area contributed by atoms with Crippen LogP contribution in [0.1, 0.15) is 18.4 Å². The van der Waals surface area contributed by atoms with Crippen molar-refractivity contribution in [3.63, 3.8) is 0 Å². The van der Waals surface area contributed by atoms with E-state index in [2.05, 4.69) is 42.2 Å². The van der Waals surface area contributed by atoms with Gasteiger partial charge in [0, 0.05) is 44.4 Å². The smallest absolute Gasteiger partial charge is 0.240 e. The summed E-state index contributed by atoms with van der Waals surface area (Å²) in [6.45, 7) is 7.79. The molecule has 1 aliphatic rings. The SMILES string of the molecule is CCc1nc(C)cc(N2CCN(CC(=O)Nc3nncs3)CC2)n1. The van der Waals surface area contributed by atoms with Gasteiger partial charge in [-0.05, 0) is 6.92 Å². The topological polar surface area (TPSA) is 87.1 Å². The van der Waals surface area contributed by atoms with Crippen LogP contribution in [0.2, 0.25) is 0 Å². The summed E-state index contributed by atoms with van der Waals surface area (Å²) < 4.78 is 0. The van der Waals surface area contributed by atoms with Crippen LogP contribution in [0.15, 0.2) is 11.6 Å². The van der Waals surface area contributed by atoms with Gasteiger partial charge in [-0.3, -0.25) is 15.0 Å². The summed E-state index contributed by atoms with van der Waals surface area (Å²) >= 11 is 1.32. The largest absolute Gasteiger partial charge is 0.354 e. The molecular weight excluding hydrogens is 326 g/mol. The molecule has 1 N–H and O–H groups in total. The number of piperazine rings is 1. The van der Waals surface area contributed by atoms with Crippen molar-refractivity contribution in [2.24, 2.45) is 0 Å². The highest BCUT2D eigenvalue weighted by molar-refractivity contribution is 7.13. The van der Waals surface area contributed by atoms with Gasteiger partial charge in [-0.25, -0.2) is 9.97 Å². The first-order valence-electron chi connectivity index (χ1n) is 8.02. The molecule has 3 heterocycles. The Morgan fingerprint density at radius 1 is 1.29 bits per heavy atom. The van der Waals surface area contributed by atoms with Crippen LogP contribution in [0.4, 0.5) is 10.9 Å². The Balaban J connectivity index is 1.52. The molecule has 0 aliphatic carbocycles. The average Bonchev–Trinajstić information content (AvgIpc) is 3.07. The maximum absolute atomic E-state index is 12.0. The third-order valence-electron chi connectivity index (χ3n) is 3.87. The number of aromatic nitrogens is 4. The first-order valence-corrected chi connectivity index (χ1v) is 8.90. The van der Waals surface area contributed by atoms with E-state index in [1.54, 1.807) is 5.51 Å². The first-order chi connectivity index (χ1) is 11.6. The number of carbonyl (C=O) groups is 1. The predicted molar refractivity (Wildman–Crippen MR) is 93.3 cm³/mol. The summed E-state index contributed by atoms with van der Waals surface area (Å²) in [5.41, 5.74) is 2.60. The quantitative estimate of drug-likeness (QED) is 0.862. The van der Waals surface area contributed by atoms with Crippen LogP contribution in [-0.4, -0.2) is 63.7 Å². The Labute approximate surface area is 144 Å². The average molecular weight is 347 g/mol. The molecule has 0 bridgehead atoms. The third-order valence-corrected chi connectivity index (χ3v) is 4.48. The van der Waals surface area contributed by atoms with Crippen molar-refractivity contribution in [2.45, 2.75) is 20.3 Å². The minimum Gasteiger partial charge on any atom is -0.354 e. The van der Waals surface area contributed by atoms with E-state index in [0.717, 1.165) is 49.9 Å². The predicted octanol–water partition coefficient (Wildman–Crippen LogP) is 0.960. The number of hydrogen-bond acceptors (Lipinski definition) is 8. The number of nitrogens with one attached hydrogen (secondary N) is 1. The van der Waals surface area contributed by atoms with Crippen LogP contribution < -0.4 is 10.2 Å². The zero-order chi connectivity index (χ0) is 16.9. The second-order valence-corrected chi connectivity index (χ2v) is 6.53. The van der Waals surface area contributed by atoms with E-state index >= 15 is 0 Å². The van der Waals surface area contributed by atoms with E-state index in [-0.39, 0.29) is 5.91 Å². The Bertz CT molecular complexity index is 683. The number of aryl methyl sites for hydroxylation is 2. The standard InChI is InChI=1S/C15H21N7OS/c1-3-12-17-11(2)8-13(18-12)22-6-4-21(5-7-22)9-14(23)19-15-20-16-10-24-15/h8,10H,3-7,9H2,1-2H3,(H,19,20,23). The van der Waals surface area contributed by atoms with Crippen LogP contribution >= 0.6 is 11.3 Å². The van der Waals surface area contributed by atoms with E-state index < -0.39 is 0 Å². The molecule has 0 atom stereocenters. The Morgan fingerprint density at radius 3 is 2.75 bits per heavy atom. The van der Waals surface area contributed by atoms with E-state index in [9.17, 15) is 4.79 Å². The van der Waals surface area contributed by atoms with Gasteiger partial charge in [-0.2, -0.15) is 0 Å². The maximum atomic E-state index is 12.0. The second-order valence-electron chi connectivity index (χ2n) is 5.69. The monoisotopic (exact) mass is 347 g/mol. The van der Waals surface area contributed by atoms with Crippen molar-refractivity contribution >= 4 is 28.2 Å². The summed E-state index contributed by atoms with van der Waals surface area (Å²) in [7, 11) is 0. The maximum Gasteiger partial charge on any atom is 0.240 e. The van der Waals surface area contributed by atoms with Crippen molar-refractivity contribution in [1.29, 1.82) is 0 Å². The van der Waals surface area contributed by atoms with Gasteiger partial charge >= 0.3 is 0 Å². The van der Waals surface area contributed by atoms with E-state index in [1.165, 1.54) is 11.3 Å². The summed E-state index contributed by atoms with van der Waals surface area (Å²) in [5, 5.41) is 10.8. The number of rotatable bonds is 5. The number of carbonyl (C=O) groups excluding carboxylic acids is 1. The molecule has 2 aromatic rings. The highest BCUT2D eigenvalue weighted by Crippen LogP contribution is 2.15. The molecule has 0 spiro atoms. The Hall–Kier alpha value is -2.13. The minimum absolute atomic E-state index is 0.0497. The summed E-state index contributed by atoms with van der Waals surface area (Å²) in [6.07, 6.45) is 0.834. The lowest BCUT2D eigenvalue weighted by atomic mass is 10.3. The molecule has 2 aromatic heterocycles. The minimum atomic E-state index is -0.0497. The number of hydrogen-bond donors (Lipinski definition) is 1. The van der Waals surface area contributed by atoms with Gasteiger partial charge in [0.15, 0.2) is 0 Å². The lowest BCUT2D eigenvalue weighted by Gasteiger charge is -2.35. The molecule has 0 unspecified atom stereocenters. The van der Waals surface area contributed by atoms with Gasteiger partial charge < -0.3 is 4.90 Å². The van der Waals surface area contributed by atoms with E-state index in [1.807, 2.05) is 13.0 Å². The number of amides is 1. The van der Waals surface area contributed by atoms with Crippen molar-refractivity contribution in [1.82, 2.24) is 25.1 Å². The van der Waals surface area contributed by atoms with Crippen molar-refractivity contribution in [3.05, 3.63) is 23.1 Å². The number of nitrogens with zero attached hydrogens (tertiary/aromatic N) is 6. The highest BCUT2D eigenvalue weighted by Gasteiger charge is 2.20. The van der Waals surface area contributed by atoms with Crippen molar-refractivity contribution in [2.75, 3.05) is 42.9 Å². The highest BCUT2D eigenvalue weighted by atomic mass is 32.1. The number of anilines is 2. The summed E-state index contributed by atoms with van der Waals surface area (Å²) in [6, 6.07) is 2.02. The molecule has 1 fully saturated rings. The Kier molecular flexibility index (Phi) is 5.31. The van der Waals surface area contributed by atoms with Gasteiger partial charge in [0.25, 0.3) is 0 Å². The first kappa shape index (κ1) is 16.7. The third kappa shape index (κ3) is 4.24. The molecule has 9 heteroatoms. The summed E-state index contributed by atoms with van der Waals surface area (Å²) in [5.74, 6) is 1.81. The van der Waals surface area contributed by atoms with Crippen LogP contribution in [-0.2, 0) is 11.2 Å². The van der Waals surface area contributed by atoms with Gasteiger partial charge in [0.05, 0.1) is 6.54 Å². The molecule has 0 radical (unpaired) electrons. The fourth-order valence-corrected chi connectivity index (χ4v) is 3.12. The molecule has 0 saturated carbocycles. The lowest BCUT2D eigenvalue weighted by Crippen LogP contribution is -2.49.